The van der Waals surface area contributed by atoms with Gasteiger partial charge in [0.2, 0.25) is 10.0 Å². The summed E-state index contributed by atoms with van der Waals surface area (Å²) in [6.45, 7) is 3.48. The number of aromatic nitrogens is 3. The van der Waals surface area contributed by atoms with Gasteiger partial charge >= 0.3 is 0 Å². The number of carbonyl (C=O) groups is 1. The first kappa shape index (κ1) is 20.2. The fraction of sp³-hybridized carbons (Fsp3) is 0.286. The van der Waals surface area contributed by atoms with E-state index in [4.69, 9.17) is 0 Å². The third-order valence-corrected chi connectivity index (χ3v) is 6.30. The Hall–Kier alpha value is -3.04. The number of rotatable bonds is 7. The predicted molar refractivity (Wildman–Crippen MR) is 114 cm³/mol. The van der Waals surface area contributed by atoms with Crippen LogP contribution in [0.4, 0.5) is 5.69 Å². The summed E-state index contributed by atoms with van der Waals surface area (Å²) in [5.74, 6) is 1.55. The third-order valence-electron chi connectivity index (χ3n) is 4.64. The highest BCUT2D eigenvalue weighted by Crippen LogP contribution is 2.38. The van der Waals surface area contributed by atoms with Gasteiger partial charge < -0.3 is 5.32 Å². The van der Waals surface area contributed by atoms with Gasteiger partial charge in [0.05, 0.1) is 4.90 Å². The highest BCUT2D eigenvalue weighted by Gasteiger charge is 2.27. The first-order valence-electron chi connectivity index (χ1n) is 9.78. The van der Waals surface area contributed by atoms with Gasteiger partial charge in [0.25, 0.3) is 5.91 Å². The Morgan fingerprint density at radius 1 is 1.13 bits per heavy atom. The molecular formula is C21H23N5O3S. The predicted octanol–water partition coefficient (Wildman–Crippen LogP) is 3.29. The minimum absolute atomic E-state index is 0.0472. The molecule has 1 fully saturated rings. The van der Waals surface area contributed by atoms with Crippen molar-refractivity contribution in [3.05, 3.63) is 59.9 Å². The molecule has 1 amide bonds. The van der Waals surface area contributed by atoms with Gasteiger partial charge in [-0.1, -0.05) is 18.2 Å². The highest BCUT2D eigenvalue weighted by molar-refractivity contribution is 7.89. The average molecular weight is 426 g/mol. The summed E-state index contributed by atoms with van der Waals surface area (Å²) in [6.07, 6.45) is 2.26. The van der Waals surface area contributed by atoms with Crippen LogP contribution in [0, 0.1) is 0 Å². The Kier molecular flexibility index (Phi) is 5.40. The van der Waals surface area contributed by atoms with Crippen molar-refractivity contribution in [1.29, 1.82) is 0 Å². The highest BCUT2D eigenvalue weighted by atomic mass is 32.2. The molecule has 0 unspecified atom stereocenters. The molecule has 3 N–H and O–H groups in total. The molecule has 1 heterocycles. The molecule has 1 saturated carbocycles. The van der Waals surface area contributed by atoms with Crippen LogP contribution in [-0.4, -0.2) is 35.5 Å². The molecule has 1 aliphatic carbocycles. The van der Waals surface area contributed by atoms with Crippen LogP contribution in [0.1, 0.15) is 48.8 Å². The van der Waals surface area contributed by atoms with Crippen LogP contribution in [0.2, 0.25) is 0 Å². The monoisotopic (exact) mass is 425 g/mol. The van der Waals surface area contributed by atoms with Gasteiger partial charge in [0, 0.05) is 28.8 Å². The molecule has 3 aromatic rings. The number of hydrogen-bond acceptors (Lipinski definition) is 5. The second-order valence-electron chi connectivity index (χ2n) is 7.66. The molecular weight excluding hydrogens is 402 g/mol. The Morgan fingerprint density at radius 3 is 2.63 bits per heavy atom. The summed E-state index contributed by atoms with van der Waals surface area (Å²) in [6, 6.07) is 12.9. The molecule has 0 bridgehead atoms. The molecule has 0 spiro atoms. The minimum Gasteiger partial charge on any atom is -0.322 e. The van der Waals surface area contributed by atoms with Crippen molar-refractivity contribution >= 4 is 21.6 Å². The lowest BCUT2D eigenvalue weighted by molar-refractivity contribution is 0.102. The first-order valence-corrected chi connectivity index (χ1v) is 11.3. The molecule has 2 aromatic carbocycles. The Bertz CT molecular complexity index is 1180. The molecule has 1 aromatic heterocycles. The topological polar surface area (TPSA) is 117 Å². The molecule has 1 aliphatic rings. The molecule has 8 nitrogen and oxygen atoms in total. The summed E-state index contributed by atoms with van der Waals surface area (Å²) in [7, 11) is -3.68. The number of hydrogen-bond donors (Lipinski definition) is 3. The second kappa shape index (κ2) is 8.00. The van der Waals surface area contributed by atoms with Crippen LogP contribution < -0.4 is 10.0 Å². The van der Waals surface area contributed by atoms with Gasteiger partial charge in [-0.05, 0) is 57.0 Å². The fourth-order valence-electron chi connectivity index (χ4n) is 3.06. The van der Waals surface area contributed by atoms with Crippen LogP contribution in [0.5, 0.6) is 0 Å². The normalized spacial score (nSPS) is 14.1. The lowest BCUT2D eigenvalue weighted by atomic mass is 10.1. The quantitative estimate of drug-likeness (QED) is 0.537. The van der Waals surface area contributed by atoms with Gasteiger partial charge in [0.1, 0.15) is 5.82 Å². The molecule has 0 saturated heterocycles. The van der Waals surface area contributed by atoms with E-state index in [-0.39, 0.29) is 16.5 Å². The molecule has 0 aliphatic heterocycles. The third kappa shape index (κ3) is 4.58. The maximum atomic E-state index is 12.7. The standard InChI is InChI=1S/C21H23N5O3S/c1-13(2)26-30(28,29)18-8-4-6-16(12-18)21(27)22-17-7-3-5-15(11-17)20-23-19(24-25-20)14-9-10-14/h3-8,11-14,26H,9-10H2,1-2H3,(H,22,27)(H,23,24,25). The minimum atomic E-state index is -3.68. The number of anilines is 1. The molecule has 0 atom stereocenters. The molecule has 9 heteroatoms. The fourth-order valence-corrected chi connectivity index (χ4v) is 4.36. The number of H-pyrrole nitrogens is 1. The smallest absolute Gasteiger partial charge is 0.255 e. The van der Waals surface area contributed by atoms with Gasteiger partial charge in [-0.2, -0.15) is 5.10 Å². The average Bonchev–Trinajstić information content (AvgIpc) is 3.44. The van der Waals surface area contributed by atoms with E-state index in [0.29, 0.717) is 17.4 Å². The number of benzene rings is 2. The van der Waals surface area contributed by atoms with Crippen molar-refractivity contribution in [2.45, 2.75) is 43.5 Å². The van der Waals surface area contributed by atoms with Crippen molar-refractivity contribution in [2.75, 3.05) is 5.32 Å². The molecule has 4 rings (SSSR count). The van der Waals surface area contributed by atoms with E-state index in [0.717, 1.165) is 24.2 Å². The van der Waals surface area contributed by atoms with Crippen molar-refractivity contribution in [3.63, 3.8) is 0 Å². The number of nitrogens with zero attached hydrogens (tertiary/aromatic N) is 2. The number of aromatic amines is 1. The summed E-state index contributed by atoms with van der Waals surface area (Å²) in [5.41, 5.74) is 1.61. The van der Waals surface area contributed by atoms with Crippen LogP contribution in [0.25, 0.3) is 11.4 Å². The van der Waals surface area contributed by atoms with E-state index in [1.807, 2.05) is 12.1 Å². The molecule has 156 valence electrons. The lowest BCUT2D eigenvalue weighted by Gasteiger charge is -2.11. The maximum absolute atomic E-state index is 12.7. The SMILES string of the molecule is CC(C)NS(=O)(=O)c1cccc(C(=O)Nc2cccc(-c3n[nH]c(C4CC4)n3)c2)c1. The lowest BCUT2D eigenvalue weighted by Crippen LogP contribution is -2.30. The van der Waals surface area contributed by atoms with Crippen LogP contribution >= 0.6 is 0 Å². The van der Waals surface area contributed by atoms with Crippen molar-refractivity contribution < 1.29 is 13.2 Å². The number of amides is 1. The summed E-state index contributed by atoms with van der Waals surface area (Å²) < 4.78 is 27.3. The van der Waals surface area contributed by atoms with Crippen LogP contribution in [-0.2, 0) is 10.0 Å². The number of nitrogens with one attached hydrogen (secondary N) is 3. The largest absolute Gasteiger partial charge is 0.322 e. The zero-order valence-corrected chi connectivity index (χ0v) is 17.5. The number of carbonyl (C=O) groups excluding carboxylic acids is 1. The van der Waals surface area contributed by atoms with Gasteiger partial charge in [-0.25, -0.2) is 18.1 Å². The molecule has 30 heavy (non-hydrogen) atoms. The number of sulfonamides is 1. The zero-order valence-electron chi connectivity index (χ0n) is 16.7. The van der Waals surface area contributed by atoms with Crippen molar-refractivity contribution in [2.24, 2.45) is 0 Å². The molecule has 0 radical (unpaired) electrons. The Morgan fingerprint density at radius 2 is 1.90 bits per heavy atom. The summed E-state index contributed by atoms with van der Waals surface area (Å²) >= 11 is 0. The van der Waals surface area contributed by atoms with E-state index in [1.54, 1.807) is 38.1 Å². The van der Waals surface area contributed by atoms with E-state index < -0.39 is 15.9 Å². The van der Waals surface area contributed by atoms with E-state index in [1.165, 1.54) is 12.1 Å². The van der Waals surface area contributed by atoms with Gasteiger partial charge in [-0.3, -0.25) is 9.89 Å². The maximum Gasteiger partial charge on any atom is 0.255 e. The first-order chi connectivity index (χ1) is 14.3. The van der Waals surface area contributed by atoms with Crippen LogP contribution in [0.15, 0.2) is 53.4 Å². The van der Waals surface area contributed by atoms with E-state index >= 15 is 0 Å². The Balaban J connectivity index is 1.52. The Labute approximate surface area is 175 Å². The van der Waals surface area contributed by atoms with Crippen LogP contribution in [0.3, 0.4) is 0 Å². The van der Waals surface area contributed by atoms with Gasteiger partial charge in [-0.15, -0.1) is 0 Å². The summed E-state index contributed by atoms with van der Waals surface area (Å²) in [4.78, 5) is 17.3. The summed E-state index contributed by atoms with van der Waals surface area (Å²) in [5, 5.41) is 10.1. The second-order valence-corrected chi connectivity index (χ2v) is 9.37. The van der Waals surface area contributed by atoms with Gasteiger partial charge in [0.15, 0.2) is 5.82 Å². The van der Waals surface area contributed by atoms with Crippen molar-refractivity contribution in [1.82, 2.24) is 19.9 Å². The van der Waals surface area contributed by atoms with Crippen molar-refractivity contribution in [3.8, 4) is 11.4 Å². The van der Waals surface area contributed by atoms with E-state index in [9.17, 15) is 13.2 Å². The van der Waals surface area contributed by atoms with E-state index in [2.05, 4.69) is 25.2 Å². The zero-order chi connectivity index (χ0) is 21.3.